The molecule has 0 atom stereocenters. The van der Waals surface area contributed by atoms with Crippen LogP contribution in [0.4, 0.5) is 5.69 Å². The molecule has 7 nitrogen and oxygen atoms in total. The highest BCUT2D eigenvalue weighted by Gasteiger charge is 2.27. The van der Waals surface area contributed by atoms with Crippen LogP contribution in [0.5, 0.6) is 5.75 Å². The van der Waals surface area contributed by atoms with Crippen molar-refractivity contribution in [3.8, 4) is 5.75 Å². The Hall–Kier alpha value is -3.13. The van der Waals surface area contributed by atoms with Crippen LogP contribution in [0, 0.1) is 6.92 Å². The van der Waals surface area contributed by atoms with Crippen LogP contribution >= 0.6 is 11.6 Å². The van der Waals surface area contributed by atoms with Crippen molar-refractivity contribution >= 4 is 29.9 Å². The van der Waals surface area contributed by atoms with E-state index >= 15 is 0 Å². The SMILES string of the molecule is C/C=C(Cl)\C=C/N=Cc1ccc(OCc2c(NC)cccc2C2CC2)c(C)c1.NNNC=O. The van der Waals surface area contributed by atoms with Gasteiger partial charge >= 0.3 is 0 Å². The Morgan fingerprint density at radius 3 is 2.67 bits per heavy atom. The monoisotopic (exact) mass is 469 g/mol. The van der Waals surface area contributed by atoms with Crippen LogP contribution in [0.15, 0.2) is 64.8 Å². The molecule has 1 saturated carbocycles. The molecule has 0 saturated heterocycles. The first-order valence-electron chi connectivity index (χ1n) is 10.7. The first-order valence-corrected chi connectivity index (χ1v) is 11.1. The smallest absolute Gasteiger partial charge is 0.222 e. The third-order valence-electron chi connectivity index (χ3n) is 5.03. The molecule has 8 heteroatoms. The summed E-state index contributed by atoms with van der Waals surface area (Å²) in [5, 5.41) is 3.97. The van der Waals surface area contributed by atoms with Gasteiger partial charge in [-0.25, -0.2) is 0 Å². The first kappa shape index (κ1) is 26.1. The third-order valence-corrected chi connectivity index (χ3v) is 5.38. The molecule has 1 fully saturated rings. The lowest BCUT2D eigenvalue weighted by Gasteiger charge is -2.16. The van der Waals surface area contributed by atoms with Gasteiger partial charge in [0.05, 0.1) is 0 Å². The maximum atomic E-state index is 9.15. The summed E-state index contributed by atoms with van der Waals surface area (Å²) in [4.78, 5) is 13.4. The van der Waals surface area contributed by atoms with E-state index in [0.29, 0.717) is 24.0 Å². The Labute approximate surface area is 200 Å². The molecule has 1 aliphatic carbocycles. The van der Waals surface area contributed by atoms with Crippen molar-refractivity contribution in [3.05, 3.63) is 82.0 Å². The summed E-state index contributed by atoms with van der Waals surface area (Å²) in [7, 11) is 1.97. The van der Waals surface area contributed by atoms with Gasteiger partial charge in [0.25, 0.3) is 0 Å². The Bertz CT molecular complexity index is 1000. The highest BCUT2D eigenvalue weighted by molar-refractivity contribution is 6.31. The van der Waals surface area contributed by atoms with Crippen molar-refractivity contribution in [3.63, 3.8) is 0 Å². The second kappa shape index (κ2) is 14.1. The highest BCUT2D eigenvalue weighted by Crippen LogP contribution is 2.43. The van der Waals surface area contributed by atoms with E-state index in [-0.39, 0.29) is 0 Å². The van der Waals surface area contributed by atoms with Gasteiger partial charge in [-0.05, 0) is 79.6 Å². The number of halogens is 1. The van der Waals surface area contributed by atoms with Gasteiger partial charge in [0.2, 0.25) is 6.41 Å². The normalized spacial score (nSPS) is 13.5. The molecule has 5 N–H and O–H groups in total. The molecule has 0 spiro atoms. The zero-order valence-electron chi connectivity index (χ0n) is 19.3. The summed E-state index contributed by atoms with van der Waals surface area (Å²) in [6.07, 6.45) is 10.1. The molecule has 2 aromatic carbocycles. The number of benzene rings is 2. The first-order chi connectivity index (χ1) is 16.0. The van der Waals surface area contributed by atoms with Gasteiger partial charge in [0, 0.05) is 35.7 Å². The zero-order chi connectivity index (χ0) is 24.1. The van der Waals surface area contributed by atoms with Gasteiger partial charge in [0.1, 0.15) is 12.4 Å². The molecule has 0 radical (unpaired) electrons. The summed E-state index contributed by atoms with van der Waals surface area (Å²) < 4.78 is 6.19. The van der Waals surface area contributed by atoms with Gasteiger partial charge < -0.3 is 10.1 Å². The summed E-state index contributed by atoms with van der Waals surface area (Å²) in [6.45, 7) is 4.52. The third kappa shape index (κ3) is 8.73. The average Bonchev–Trinajstić information content (AvgIpc) is 3.67. The molecule has 176 valence electrons. The Morgan fingerprint density at radius 2 is 2.09 bits per heavy atom. The number of carbonyl (C=O) groups is 1. The Morgan fingerprint density at radius 1 is 1.30 bits per heavy atom. The predicted molar refractivity (Wildman–Crippen MR) is 136 cm³/mol. The second-order valence-electron chi connectivity index (χ2n) is 7.39. The minimum Gasteiger partial charge on any atom is -0.489 e. The summed E-state index contributed by atoms with van der Waals surface area (Å²) in [5.74, 6) is 6.14. The maximum absolute atomic E-state index is 9.15. The highest BCUT2D eigenvalue weighted by atomic mass is 35.5. The van der Waals surface area contributed by atoms with Crippen LogP contribution in [0.1, 0.15) is 47.9 Å². The van der Waals surface area contributed by atoms with E-state index in [1.165, 1.54) is 24.0 Å². The van der Waals surface area contributed by atoms with Crippen molar-refractivity contribution in [2.45, 2.75) is 39.2 Å². The minimum absolute atomic E-state index is 0.444. The fraction of sp³-hybridized carbons (Fsp3) is 0.280. The van der Waals surface area contributed by atoms with Crippen LogP contribution in [-0.2, 0) is 11.4 Å². The van der Waals surface area contributed by atoms with Crippen LogP contribution in [-0.4, -0.2) is 19.7 Å². The largest absolute Gasteiger partial charge is 0.489 e. The summed E-state index contributed by atoms with van der Waals surface area (Å²) in [5.41, 5.74) is 9.81. The van der Waals surface area contributed by atoms with Gasteiger partial charge in [-0.2, -0.15) is 5.53 Å². The number of nitrogens with one attached hydrogen (secondary N) is 3. The van der Waals surface area contributed by atoms with Crippen molar-refractivity contribution in [1.29, 1.82) is 0 Å². The van der Waals surface area contributed by atoms with Crippen LogP contribution < -0.4 is 26.9 Å². The van der Waals surface area contributed by atoms with Crippen molar-refractivity contribution < 1.29 is 9.53 Å². The number of aryl methyl sites for hydroxylation is 1. The van der Waals surface area contributed by atoms with Gasteiger partial charge in [-0.15, -0.1) is 0 Å². The number of ether oxygens (including phenoxy) is 1. The zero-order valence-corrected chi connectivity index (χ0v) is 20.0. The van der Waals surface area contributed by atoms with Gasteiger partial charge in [0.15, 0.2) is 0 Å². The van der Waals surface area contributed by atoms with Crippen molar-refractivity contribution in [2.24, 2.45) is 10.8 Å². The summed E-state index contributed by atoms with van der Waals surface area (Å²) in [6, 6.07) is 12.6. The number of allylic oxidation sites excluding steroid dienone is 3. The number of hydrazine groups is 2. The predicted octanol–water partition coefficient (Wildman–Crippen LogP) is 4.68. The number of hydrogen-bond donors (Lipinski definition) is 4. The minimum atomic E-state index is 0.444. The van der Waals surface area contributed by atoms with Gasteiger partial charge in [-0.1, -0.05) is 29.8 Å². The second-order valence-corrected chi connectivity index (χ2v) is 7.82. The van der Waals surface area contributed by atoms with E-state index in [1.807, 2.05) is 49.4 Å². The standard InChI is InChI=1S/C24H27ClN2O.CH5N3O/c1-4-20(25)12-13-27-15-18-8-11-24(17(2)14-18)28-16-22-21(19-9-10-19)6-5-7-23(22)26-3;2-4-3-1-5/h4-8,11-15,19,26H,9-10,16H2,1-3H3;1,4H,2H2,(H,3,5)/b13-12-,20-4+,27-15?;. The average molecular weight is 470 g/mol. The van der Waals surface area contributed by atoms with Crippen LogP contribution in [0.3, 0.4) is 0 Å². The van der Waals surface area contributed by atoms with Gasteiger partial charge in [-0.3, -0.25) is 21.1 Å². The Kier molecular flexibility index (Phi) is 11.2. The van der Waals surface area contributed by atoms with E-state index in [0.717, 1.165) is 22.6 Å². The Balaban J connectivity index is 0.000000696. The van der Waals surface area contributed by atoms with E-state index in [2.05, 4.69) is 47.3 Å². The lowest BCUT2D eigenvalue weighted by molar-refractivity contribution is -0.110. The fourth-order valence-electron chi connectivity index (χ4n) is 3.22. The molecule has 33 heavy (non-hydrogen) atoms. The number of amides is 1. The number of anilines is 1. The maximum Gasteiger partial charge on any atom is 0.222 e. The van der Waals surface area contributed by atoms with E-state index in [1.54, 1.807) is 12.3 Å². The number of rotatable bonds is 10. The van der Waals surface area contributed by atoms with Crippen LogP contribution in [0.25, 0.3) is 0 Å². The van der Waals surface area contributed by atoms with Crippen LogP contribution in [0.2, 0.25) is 0 Å². The molecule has 0 aliphatic heterocycles. The van der Waals surface area contributed by atoms with E-state index < -0.39 is 0 Å². The fourth-order valence-corrected chi connectivity index (χ4v) is 3.27. The molecule has 0 unspecified atom stereocenters. The molecule has 0 heterocycles. The number of hydrogen-bond acceptors (Lipinski definition) is 6. The van der Waals surface area contributed by atoms with E-state index in [9.17, 15) is 0 Å². The lowest BCUT2D eigenvalue weighted by atomic mass is 10.0. The molecular formula is C25H32ClN5O2. The van der Waals surface area contributed by atoms with Crippen molar-refractivity contribution in [1.82, 2.24) is 11.0 Å². The number of aliphatic imine (C=N–C) groups is 1. The lowest BCUT2D eigenvalue weighted by Crippen LogP contribution is -2.36. The number of nitrogens with two attached hydrogens (primary N) is 1. The quantitative estimate of drug-likeness (QED) is 0.133. The van der Waals surface area contributed by atoms with E-state index in [4.69, 9.17) is 21.1 Å². The molecule has 2 aromatic rings. The van der Waals surface area contributed by atoms with Crippen molar-refractivity contribution in [2.75, 3.05) is 12.4 Å². The molecular weight excluding hydrogens is 438 g/mol. The summed E-state index contributed by atoms with van der Waals surface area (Å²) >= 11 is 5.91. The number of carbonyl (C=O) groups excluding carboxylic acids is 1. The molecule has 1 amide bonds. The molecule has 1 aliphatic rings. The molecule has 3 rings (SSSR count). The molecule has 0 bridgehead atoms. The topological polar surface area (TPSA) is 101 Å². The molecule has 0 aromatic heterocycles. The number of nitrogens with zero attached hydrogens (tertiary/aromatic N) is 1.